The van der Waals surface area contributed by atoms with Crippen LogP contribution in [0.3, 0.4) is 0 Å². The Kier molecular flexibility index (Phi) is 7.14. The van der Waals surface area contributed by atoms with Gasteiger partial charge in [-0.05, 0) is 12.1 Å². The molecule has 0 atom stereocenters. The summed E-state index contributed by atoms with van der Waals surface area (Å²) < 4.78 is 1.99. The fourth-order valence-electron chi connectivity index (χ4n) is 3.70. The summed E-state index contributed by atoms with van der Waals surface area (Å²) >= 11 is 6.80. The zero-order chi connectivity index (χ0) is 21.9. The molecule has 2 N–H and O–H groups in total. The molecule has 32 heavy (non-hydrogen) atoms. The fourth-order valence-corrected chi connectivity index (χ4v) is 7.54. The Balaban J connectivity index is 1.23. The largest absolute Gasteiger partial charge is 0.301 e. The van der Waals surface area contributed by atoms with E-state index in [4.69, 9.17) is 0 Å². The average molecular weight is 509 g/mol. The number of hydrogen-bond donors (Lipinski definition) is 2. The van der Waals surface area contributed by atoms with E-state index in [9.17, 15) is 9.59 Å². The molecule has 0 bridgehead atoms. The van der Waals surface area contributed by atoms with Crippen LogP contribution in [0.4, 0.5) is 10.3 Å². The molecule has 12 heteroatoms. The van der Waals surface area contributed by atoms with Crippen molar-refractivity contribution in [1.82, 2.24) is 19.8 Å². The van der Waals surface area contributed by atoms with Gasteiger partial charge in [0.1, 0.15) is 0 Å². The van der Waals surface area contributed by atoms with E-state index in [1.165, 1.54) is 22.7 Å². The standard InChI is InChI=1S/C20H24N6O2S4/c27-17(11-25-1-5-29-6-2-25)23-19-21-13-9-14-16(10-15(13)31-19)32-20(22-14)24-18(28)12-26-3-7-30-8-4-26/h9-10H,1-8,11-12H2,(H,21,23,27)(H,22,24,28). The molecule has 0 saturated carbocycles. The number of fused-ring (bicyclic) bond motifs is 2. The maximum Gasteiger partial charge on any atom is 0.240 e. The summed E-state index contributed by atoms with van der Waals surface area (Å²) in [6, 6.07) is 3.96. The van der Waals surface area contributed by atoms with Crippen LogP contribution < -0.4 is 10.6 Å². The lowest BCUT2D eigenvalue weighted by Gasteiger charge is -2.25. The number of carbonyl (C=O) groups is 2. The van der Waals surface area contributed by atoms with E-state index >= 15 is 0 Å². The second-order valence-electron chi connectivity index (χ2n) is 7.70. The monoisotopic (exact) mass is 508 g/mol. The number of rotatable bonds is 6. The number of anilines is 2. The molecule has 2 aromatic heterocycles. The zero-order valence-corrected chi connectivity index (χ0v) is 20.7. The minimum Gasteiger partial charge on any atom is -0.301 e. The Bertz CT molecular complexity index is 985. The van der Waals surface area contributed by atoms with E-state index in [-0.39, 0.29) is 11.8 Å². The molecule has 8 nitrogen and oxygen atoms in total. The Labute approximate surface area is 202 Å². The summed E-state index contributed by atoms with van der Waals surface area (Å²) in [7, 11) is 0. The molecule has 170 valence electrons. The van der Waals surface area contributed by atoms with Gasteiger partial charge in [-0.3, -0.25) is 19.4 Å². The van der Waals surface area contributed by atoms with E-state index in [2.05, 4.69) is 30.4 Å². The Morgan fingerprint density at radius 3 is 1.62 bits per heavy atom. The van der Waals surface area contributed by atoms with Gasteiger partial charge in [0.15, 0.2) is 10.3 Å². The molecule has 0 spiro atoms. The minimum atomic E-state index is -0.0202. The number of nitrogens with zero attached hydrogens (tertiary/aromatic N) is 4. The molecule has 0 radical (unpaired) electrons. The highest BCUT2D eigenvalue weighted by molar-refractivity contribution is 7.99. The van der Waals surface area contributed by atoms with Crippen LogP contribution in [-0.4, -0.2) is 93.9 Å². The summed E-state index contributed by atoms with van der Waals surface area (Å²) in [6.07, 6.45) is 0. The molecule has 5 rings (SSSR count). The van der Waals surface area contributed by atoms with Gasteiger partial charge in [-0.2, -0.15) is 23.5 Å². The van der Waals surface area contributed by atoms with Crippen LogP contribution in [0.25, 0.3) is 20.4 Å². The fraction of sp³-hybridized carbons (Fsp3) is 0.500. The zero-order valence-electron chi connectivity index (χ0n) is 17.5. The van der Waals surface area contributed by atoms with E-state index in [0.29, 0.717) is 23.4 Å². The highest BCUT2D eigenvalue weighted by atomic mass is 32.2. The Hall–Kier alpha value is -1.44. The second kappa shape index (κ2) is 10.2. The van der Waals surface area contributed by atoms with Gasteiger partial charge in [-0.25, -0.2) is 9.97 Å². The first-order chi connectivity index (χ1) is 15.6. The van der Waals surface area contributed by atoms with E-state index in [0.717, 1.165) is 69.6 Å². The van der Waals surface area contributed by atoms with Gasteiger partial charge in [0.05, 0.1) is 33.5 Å². The molecule has 1 aromatic carbocycles. The van der Waals surface area contributed by atoms with Crippen LogP contribution in [0, 0.1) is 0 Å². The molecule has 0 unspecified atom stereocenters. The van der Waals surface area contributed by atoms with Crippen molar-refractivity contribution in [2.75, 3.05) is 72.9 Å². The molecule has 2 fully saturated rings. The molecular weight excluding hydrogens is 485 g/mol. The molecule has 2 aliphatic rings. The normalized spacial score (nSPS) is 18.2. The number of hydrogen-bond acceptors (Lipinski definition) is 10. The lowest BCUT2D eigenvalue weighted by molar-refractivity contribution is -0.118. The third-order valence-corrected chi connectivity index (χ3v) is 9.08. The number of thiazole rings is 2. The van der Waals surface area contributed by atoms with Gasteiger partial charge in [0, 0.05) is 49.2 Å². The third kappa shape index (κ3) is 5.54. The summed E-state index contributed by atoms with van der Waals surface area (Å²) in [5.41, 5.74) is 1.61. The van der Waals surface area contributed by atoms with Gasteiger partial charge >= 0.3 is 0 Å². The van der Waals surface area contributed by atoms with Gasteiger partial charge in [-0.15, -0.1) is 0 Å². The number of nitrogens with one attached hydrogen (secondary N) is 2. The average Bonchev–Trinajstić information content (AvgIpc) is 3.34. The van der Waals surface area contributed by atoms with E-state index in [1.807, 2.05) is 35.7 Å². The summed E-state index contributed by atoms with van der Waals surface area (Å²) in [5, 5.41) is 7.11. The number of carbonyl (C=O) groups excluding carboxylic acids is 2. The van der Waals surface area contributed by atoms with Crippen LogP contribution in [0.2, 0.25) is 0 Å². The molecular formula is C20H24N6O2S4. The predicted molar refractivity (Wildman–Crippen MR) is 138 cm³/mol. The lowest BCUT2D eigenvalue weighted by Crippen LogP contribution is -2.38. The maximum atomic E-state index is 12.4. The topological polar surface area (TPSA) is 90.5 Å². The summed E-state index contributed by atoms with van der Waals surface area (Å²) in [6.45, 7) is 4.64. The van der Waals surface area contributed by atoms with Gasteiger partial charge in [0.2, 0.25) is 11.8 Å². The quantitative estimate of drug-likeness (QED) is 0.525. The first-order valence-corrected chi connectivity index (χ1v) is 14.5. The van der Waals surface area contributed by atoms with E-state index in [1.54, 1.807) is 0 Å². The van der Waals surface area contributed by atoms with Crippen LogP contribution in [-0.2, 0) is 9.59 Å². The van der Waals surface area contributed by atoms with Crippen molar-refractivity contribution >= 4 is 88.7 Å². The molecule has 2 saturated heterocycles. The van der Waals surface area contributed by atoms with Crippen molar-refractivity contribution in [2.24, 2.45) is 0 Å². The number of benzene rings is 1. The Morgan fingerprint density at radius 1 is 0.750 bits per heavy atom. The number of amides is 2. The highest BCUT2D eigenvalue weighted by Gasteiger charge is 2.18. The first kappa shape index (κ1) is 22.4. The van der Waals surface area contributed by atoms with Gasteiger partial charge in [0.25, 0.3) is 0 Å². The van der Waals surface area contributed by atoms with Crippen molar-refractivity contribution in [3.63, 3.8) is 0 Å². The van der Waals surface area contributed by atoms with Crippen molar-refractivity contribution in [1.29, 1.82) is 0 Å². The van der Waals surface area contributed by atoms with Crippen molar-refractivity contribution in [3.8, 4) is 0 Å². The summed E-state index contributed by atoms with van der Waals surface area (Å²) in [4.78, 5) is 38.3. The van der Waals surface area contributed by atoms with Crippen LogP contribution in [0.15, 0.2) is 12.1 Å². The molecule has 0 aliphatic carbocycles. The summed E-state index contributed by atoms with van der Waals surface area (Å²) in [5.74, 6) is 4.29. The molecule has 2 amide bonds. The minimum absolute atomic E-state index is 0.0202. The number of thioether (sulfide) groups is 2. The molecule has 4 heterocycles. The van der Waals surface area contributed by atoms with Crippen molar-refractivity contribution < 1.29 is 9.59 Å². The molecule has 3 aromatic rings. The smallest absolute Gasteiger partial charge is 0.240 e. The van der Waals surface area contributed by atoms with Crippen LogP contribution in [0.5, 0.6) is 0 Å². The number of aromatic nitrogens is 2. The Morgan fingerprint density at radius 2 is 1.19 bits per heavy atom. The lowest BCUT2D eigenvalue weighted by atomic mass is 10.3. The van der Waals surface area contributed by atoms with Crippen LogP contribution in [0.1, 0.15) is 0 Å². The van der Waals surface area contributed by atoms with E-state index < -0.39 is 0 Å². The van der Waals surface area contributed by atoms with Crippen LogP contribution >= 0.6 is 46.2 Å². The van der Waals surface area contributed by atoms with Gasteiger partial charge < -0.3 is 10.6 Å². The van der Waals surface area contributed by atoms with Gasteiger partial charge in [-0.1, -0.05) is 22.7 Å². The third-order valence-electron chi connectivity index (χ3n) is 5.33. The van der Waals surface area contributed by atoms with Crippen molar-refractivity contribution in [3.05, 3.63) is 12.1 Å². The van der Waals surface area contributed by atoms with Crippen molar-refractivity contribution in [2.45, 2.75) is 0 Å². The maximum absolute atomic E-state index is 12.4. The SMILES string of the molecule is O=C(CN1CCSCC1)Nc1nc2cc3nc(NC(=O)CN4CCSCC4)sc3cc2s1. The predicted octanol–water partition coefficient (Wildman–Crippen LogP) is 2.88. The second-order valence-corrected chi connectivity index (χ2v) is 12.2. The first-order valence-electron chi connectivity index (χ1n) is 10.5. The molecule has 2 aliphatic heterocycles. The highest BCUT2D eigenvalue weighted by Crippen LogP contribution is 2.34.